The van der Waals surface area contributed by atoms with Gasteiger partial charge >= 0.3 is 5.97 Å². The summed E-state index contributed by atoms with van der Waals surface area (Å²) in [6.07, 6.45) is 60.9. The zero-order chi connectivity index (χ0) is 36.1. The first-order chi connectivity index (χ1) is 24.8. The van der Waals surface area contributed by atoms with E-state index in [0.717, 1.165) is 12.8 Å². The van der Waals surface area contributed by atoms with E-state index in [1.807, 2.05) is 0 Å². The number of esters is 1. The maximum atomic E-state index is 12.0. The van der Waals surface area contributed by atoms with Gasteiger partial charge in [-0.1, -0.05) is 277 Å². The predicted octanol–water partition coefficient (Wildman–Crippen LogP) is 17.7. The van der Waals surface area contributed by atoms with Crippen molar-refractivity contribution in [2.75, 3.05) is 6.61 Å². The van der Waals surface area contributed by atoms with Crippen molar-refractivity contribution in [3.63, 3.8) is 0 Å². The minimum absolute atomic E-state index is 0.0321. The number of carbonyl (C=O) groups is 1. The van der Waals surface area contributed by atoms with E-state index in [0.29, 0.717) is 13.0 Å². The lowest BCUT2D eigenvalue weighted by atomic mass is 10.0. The van der Waals surface area contributed by atoms with Gasteiger partial charge in [0.25, 0.3) is 0 Å². The van der Waals surface area contributed by atoms with Gasteiger partial charge in [0.1, 0.15) is 0 Å². The third-order valence-electron chi connectivity index (χ3n) is 11.2. The fourth-order valence-electron chi connectivity index (χ4n) is 7.67. The van der Waals surface area contributed by atoms with Crippen molar-refractivity contribution in [2.24, 2.45) is 0 Å². The molecule has 0 aliphatic rings. The van der Waals surface area contributed by atoms with Gasteiger partial charge in [-0.05, 0) is 12.8 Å². The Labute approximate surface area is 317 Å². The Kier molecular flexibility index (Phi) is 46.0. The lowest BCUT2D eigenvalue weighted by Gasteiger charge is -2.06. The molecular weight excluding hydrogens is 609 g/mol. The van der Waals surface area contributed by atoms with E-state index in [9.17, 15) is 4.79 Å². The number of hydrogen-bond acceptors (Lipinski definition) is 2. The average molecular weight is 705 g/mol. The molecule has 0 radical (unpaired) electrons. The highest BCUT2D eigenvalue weighted by atomic mass is 16.5. The van der Waals surface area contributed by atoms with Gasteiger partial charge in [-0.15, -0.1) is 0 Å². The monoisotopic (exact) mass is 705 g/mol. The molecule has 0 atom stereocenters. The highest BCUT2D eigenvalue weighted by molar-refractivity contribution is 5.69. The fraction of sp³-hybridized carbons (Fsp3) is 0.979. The van der Waals surface area contributed by atoms with Gasteiger partial charge in [-0.2, -0.15) is 0 Å². The predicted molar refractivity (Wildman–Crippen MR) is 225 cm³/mol. The summed E-state index contributed by atoms with van der Waals surface area (Å²) >= 11 is 0. The molecule has 0 amide bonds. The van der Waals surface area contributed by atoms with Crippen LogP contribution in [-0.2, 0) is 9.53 Å². The number of hydrogen-bond donors (Lipinski definition) is 0. The van der Waals surface area contributed by atoms with Gasteiger partial charge < -0.3 is 4.74 Å². The third kappa shape index (κ3) is 45.5. The van der Waals surface area contributed by atoms with Crippen molar-refractivity contribution in [2.45, 2.75) is 296 Å². The Morgan fingerprint density at radius 3 is 0.660 bits per heavy atom. The van der Waals surface area contributed by atoms with Crippen molar-refractivity contribution in [3.05, 3.63) is 0 Å². The first-order valence-electron chi connectivity index (χ1n) is 24.0. The molecule has 0 N–H and O–H groups in total. The molecule has 0 spiro atoms. The summed E-state index contributed by atoms with van der Waals surface area (Å²) in [5.74, 6) is 0.0321. The van der Waals surface area contributed by atoms with E-state index < -0.39 is 0 Å². The van der Waals surface area contributed by atoms with Crippen molar-refractivity contribution in [3.8, 4) is 0 Å². The molecular formula is C48H96O2. The topological polar surface area (TPSA) is 26.3 Å². The number of ether oxygens (including phenoxy) is 1. The van der Waals surface area contributed by atoms with Crippen LogP contribution in [0.5, 0.6) is 0 Å². The van der Waals surface area contributed by atoms with E-state index in [1.54, 1.807) is 0 Å². The molecule has 0 aromatic heterocycles. The standard InChI is InChI=1S/C48H96O2/c1-3-5-7-9-11-13-15-17-19-20-21-22-23-24-25-26-27-28-29-30-31-33-35-37-39-41-43-45-47-50-48(49)46-44-42-40-38-36-34-32-18-16-14-12-10-8-6-4-2/h3-47H2,1-2H3. The van der Waals surface area contributed by atoms with Crippen LogP contribution in [0, 0.1) is 0 Å². The Bertz CT molecular complexity index is 601. The zero-order valence-corrected chi connectivity index (χ0v) is 35.1. The first-order valence-corrected chi connectivity index (χ1v) is 24.0. The Morgan fingerprint density at radius 1 is 0.260 bits per heavy atom. The number of carbonyl (C=O) groups excluding carboxylic acids is 1. The van der Waals surface area contributed by atoms with Gasteiger partial charge in [-0.3, -0.25) is 4.79 Å². The SMILES string of the molecule is CCCCCCCCCCCCCCCCCCCCCCCCCCCCCCOC(=O)CCCCCCCCCCCCCCCCC. The first kappa shape index (κ1) is 49.5. The highest BCUT2D eigenvalue weighted by Crippen LogP contribution is 2.17. The van der Waals surface area contributed by atoms with Crippen molar-refractivity contribution < 1.29 is 9.53 Å². The second-order valence-corrected chi connectivity index (χ2v) is 16.5. The van der Waals surface area contributed by atoms with Crippen molar-refractivity contribution in [1.82, 2.24) is 0 Å². The highest BCUT2D eigenvalue weighted by Gasteiger charge is 2.03. The Hall–Kier alpha value is -0.530. The molecule has 0 aliphatic heterocycles. The van der Waals surface area contributed by atoms with E-state index in [-0.39, 0.29) is 5.97 Å². The van der Waals surface area contributed by atoms with E-state index in [2.05, 4.69) is 13.8 Å². The van der Waals surface area contributed by atoms with Crippen LogP contribution in [-0.4, -0.2) is 12.6 Å². The third-order valence-corrected chi connectivity index (χ3v) is 11.2. The molecule has 0 saturated carbocycles. The molecule has 2 nitrogen and oxygen atoms in total. The molecule has 0 bridgehead atoms. The summed E-state index contributed by atoms with van der Waals surface area (Å²) in [4.78, 5) is 12.0. The van der Waals surface area contributed by atoms with Crippen LogP contribution in [0.4, 0.5) is 0 Å². The molecule has 2 heteroatoms. The second-order valence-electron chi connectivity index (χ2n) is 16.5. The molecule has 0 rings (SSSR count). The summed E-state index contributed by atoms with van der Waals surface area (Å²) in [5, 5.41) is 0. The summed E-state index contributed by atoms with van der Waals surface area (Å²) in [5.41, 5.74) is 0. The summed E-state index contributed by atoms with van der Waals surface area (Å²) < 4.78 is 5.48. The molecule has 50 heavy (non-hydrogen) atoms. The number of rotatable bonds is 45. The van der Waals surface area contributed by atoms with Crippen LogP contribution in [0.3, 0.4) is 0 Å². The van der Waals surface area contributed by atoms with Crippen LogP contribution in [0.2, 0.25) is 0 Å². The second kappa shape index (κ2) is 46.5. The van der Waals surface area contributed by atoms with Gasteiger partial charge in [0, 0.05) is 6.42 Å². The summed E-state index contributed by atoms with van der Waals surface area (Å²) in [6.45, 7) is 5.23. The van der Waals surface area contributed by atoms with E-state index >= 15 is 0 Å². The maximum absolute atomic E-state index is 12.0. The maximum Gasteiger partial charge on any atom is 0.305 e. The van der Waals surface area contributed by atoms with Gasteiger partial charge in [0.2, 0.25) is 0 Å². The summed E-state index contributed by atoms with van der Waals surface area (Å²) in [6, 6.07) is 0. The van der Waals surface area contributed by atoms with Crippen molar-refractivity contribution in [1.29, 1.82) is 0 Å². The molecule has 300 valence electrons. The summed E-state index contributed by atoms with van der Waals surface area (Å²) in [7, 11) is 0. The van der Waals surface area contributed by atoms with E-state index in [4.69, 9.17) is 4.74 Å². The molecule has 0 fully saturated rings. The molecule has 0 heterocycles. The lowest BCUT2D eigenvalue weighted by molar-refractivity contribution is -0.143. The van der Waals surface area contributed by atoms with Crippen LogP contribution in [0.15, 0.2) is 0 Å². The Morgan fingerprint density at radius 2 is 0.440 bits per heavy atom. The molecule has 0 aromatic carbocycles. The largest absolute Gasteiger partial charge is 0.466 e. The van der Waals surface area contributed by atoms with E-state index in [1.165, 1.54) is 263 Å². The normalized spacial score (nSPS) is 11.5. The van der Waals surface area contributed by atoms with Gasteiger partial charge in [0.15, 0.2) is 0 Å². The average Bonchev–Trinajstić information content (AvgIpc) is 3.12. The molecule has 0 unspecified atom stereocenters. The zero-order valence-electron chi connectivity index (χ0n) is 35.1. The molecule has 0 aromatic rings. The van der Waals surface area contributed by atoms with Crippen LogP contribution in [0.25, 0.3) is 0 Å². The Balaban J connectivity index is 3.13. The van der Waals surface area contributed by atoms with Gasteiger partial charge in [-0.25, -0.2) is 0 Å². The minimum atomic E-state index is 0.0321. The smallest absolute Gasteiger partial charge is 0.305 e. The minimum Gasteiger partial charge on any atom is -0.466 e. The van der Waals surface area contributed by atoms with Crippen LogP contribution >= 0.6 is 0 Å². The number of unbranched alkanes of at least 4 members (excludes halogenated alkanes) is 41. The van der Waals surface area contributed by atoms with Gasteiger partial charge in [0.05, 0.1) is 6.61 Å². The molecule has 0 saturated heterocycles. The lowest BCUT2D eigenvalue weighted by Crippen LogP contribution is -2.05. The quantitative estimate of drug-likeness (QED) is 0.0466. The van der Waals surface area contributed by atoms with Crippen LogP contribution in [0.1, 0.15) is 296 Å². The van der Waals surface area contributed by atoms with Crippen LogP contribution < -0.4 is 0 Å². The fourth-order valence-corrected chi connectivity index (χ4v) is 7.67. The molecule has 0 aliphatic carbocycles. The van der Waals surface area contributed by atoms with Crippen molar-refractivity contribution >= 4 is 5.97 Å².